The summed E-state index contributed by atoms with van der Waals surface area (Å²) >= 11 is 0. The first-order chi connectivity index (χ1) is 23.6. The lowest BCUT2D eigenvalue weighted by molar-refractivity contribution is -0.140. The molecule has 0 aromatic heterocycles. The maximum Gasteiger partial charge on any atom is 0.264 e. The number of carbonyl (C=O) groups is 2. The van der Waals surface area contributed by atoms with Crippen LogP contribution in [0.1, 0.15) is 42.4 Å². The third kappa shape index (κ3) is 8.77. The number of carbonyl (C=O) groups excluding carboxylic acids is 2. The molecule has 1 aliphatic carbocycles. The van der Waals surface area contributed by atoms with E-state index in [4.69, 9.17) is 9.47 Å². The van der Waals surface area contributed by atoms with Gasteiger partial charge in [-0.1, -0.05) is 73.0 Å². The van der Waals surface area contributed by atoms with E-state index in [1.807, 2.05) is 37.3 Å². The van der Waals surface area contributed by atoms with Crippen LogP contribution in [0.4, 0.5) is 10.1 Å². The number of halogens is 1. The first kappa shape index (κ1) is 35.4. The minimum Gasteiger partial charge on any atom is -0.497 e. The zero-order valence-electron chi connectivity index (χ0n) is 28.0. The lowest BCUT2D eigenvalue weighted by atomic mass is 10.0. The molecule has 1 atom stereocenters. The van der Waals surface area contributed by atoms with Crippen molar-refractivity contribution < 1.29 is 31.9 Å². The Balaban J connectivity index is 1.61. The van der Waals surface area contributed by atoms with E-state index in [1.54, 1.807) is 36.4 Å². The molecule has 0 heterocycles. The second-order valence-electron chi connectivity index (χ2n) is 12.2. The summed E-state index contributed by atoms with van der Waals surface area (Å²) in [6, 6.07) is 25.0. The first-order valence-electron chi connectivity index (χ1n) is 16.3. The van der Waals surface area contributed by atoms with Crippen molar-refractivity contribution in [3.05, 3.63) is 120 Å². The van der Waals surface area contributed by atoms with Gasteiger partial charge >= 0.3 is 0 Å². The molecule has 0 spiro atoms. The molecule has 49 heavy (non-hydrogen) atoms. The second-order valence-corrected chi connectivity index (χ2v) is 14.1. The normalized spacial score (nSPS) is 13.8. The Hall–Kier alpha value is -4.90. The standard InChI is InChI=1S/C38H42FN3O6S/c1-27-13-20-33(21-14-27)49(45,46)42(34-24-32(47-2)19-22-36(34)48-3)26-37(43)41(25-29-15-17-30(39)18-16-29)35(23-28-9-5-4-6-10-28)38(44)40-31-11-7-8-12-31/h4-6,9-10,13-22,24,31,35H,7-8,11-12,23,25-26H2,1-3H3,(H,40,44)/t35-/m0/s1. The average molecular weight is 688 g/mol. The van der Waals surface area contributed by atoms with Gasteiger partial charge in [-0.3, -0.25) is 13.9 Å². The van der Waals surface area contributed by atoms with E-state index in [2.05, 4.69) is 5.32 Å². The van der Waals surface area contributed by atoms with E-state index >= 15 is 0 Å². The maximum atomic E-state index is 14.8. The predicted molar refractivity (Wildman–Crippen MR) is 187 cm³/mol. The molecule has 0 unspecified atom stereocenters. The Morgan fingerprint density at radius 1 is 0.878 bits per heavy atom. The van der Waals surface area contributed by atoms with Crippen LogP contribution in [0.5, 0.6) is 11.5 Å². The largest absolute Gasteiger partial charge is 0.497 e. The molecule has 0 saturated heterocycles. The third-order valence-corrected chi connectivity index (χ3v) is 10.6. The minimum atomic E-state index is -4.36. The monoisotopic (exact) mass is 687 g/mol. The van der Waals surface area contributed by atoms with E-state index < -0.39 is 34.3 Å². The molecule has 0 bridgehead atoms. The molecule has 1 fully saturated rings. The van der Waals surface area contributed by atoms with E-state index in [9.17, 15) is 22.4 Å². The molecule has 4 aromatic carbocycles. The Labute approximate surface area is 287 Å². The molecule has 5 rings (SSSR count). The number of rotatable bonds is 14. The van der Waals surface area contributed by atoms with Crippen LogP contribution in [0.15, 0.2) is 102 Å². The number of nitrogens with zero attached hydrogens (tertiary/aromatic N) is 2. The summed E-state index contributed by atoms with van der Waals surface area (Å²) in [4.78, 5) is 30.3. The maximum absolute atomic E-state index is 14.8. The van der Waals surface area contributed by atoms with Crippen molar-refractivity contribution in [2.24, 2.45) is 0 Å². The van der Waals surface area contributed by atoms with Crippen LogP contribution in [0.2, 0.25) is 0 Å². The van der Waals surface area contributed by atoms with Gasteiger partial charge in [0, 0.05) is 25.1 Å². The van der Waals surface area contributed by atoms with Gasteiger partial charge in [-0.25, -0.2) is 12.8 Å². The quantitative estimate of drug-likeness (QED) is 0.173. The lowest BCUT2D eigenvalue weighted by Crippen LogP contribution is -2.54. The molecule has 0 radical (unpaired) electrons. The van der Waals surface area contributed by atoms with Gasteiger partial charge in [-0.2, -0.15) is 0 Å². The molecule has 258 valence electrons. The van der Waals surface area contributed by atoms with Crippen LogP contribution in [0.3, 0.4) is 0 Å². The molecular formula is C38H42FN3O6S. The van der Waals surface area contributed by atoms with Crippen LogP contribution in [0, 0.1) is 12.7 Å². The van der Waals surface area contributed by atoms with Gasteiger partial charge in [0.25, 0.3) is 10.0 Å². The Morgan fingerprint density at radius 3 is 2.18 bits per heavy atom. The number of amides is 2. The minimum absolute atomic E-state index is 0.0204. The van der Waals surface area contributed by atoms with Crippen molar-refractivity contribution in [3.8, 4) is 11.5 Å². The first-order valence-corrected chi connectivity index (χ1v) is 17.7. The van der Waals surface area contributed by atoms with Gasteiger partial charge in [-0.15, -0.1) is 0 Å². The van der Waals surface area contributed by atoms with E-state index in [1.165, 1.54) is 49.5 Å². The van der Waals surface area contributed by atoms with Crippen LogP contribution in [0.25, 0.3) is 0 Å². The highest BCUT2D eigenvalue weighted by Crippen LogP contribution is 2.36. The molecule has 4 aromatic rings. The number of benzene rings is 4. The van der Waals surface area contributed by atoms with Gasteiger partial charge in [0.05, 0.1) is 24.8 Å². The van der Waals surface area contributed by atoms with E-state index in [-0.39, 0.29) is 41.2 Å². The molecule has 1 aliphatic rings. The third-order valence-electron chi connectivity index (χ3n) is 8.78. The Kier molecular flexibility index (Phi) is 11.6. The average Bonchev–Trinajstić information content (AvgIpc) is 3.62. The number of sulfonamides is 1. The van der Waals surface area contributed by atoms with Crippen molar-refractivity contribution in [1.82, 2.24) is 10.2 Å². The Bertz CT molecular complexity index is 1830. The van der Waals surface area contributed by atoms with Crippen LogP contribution in [-0.2, 0) is 32.6 Å². The van der Waals surface area contributed by atoms with Crippen molar-refractivity contribution in [1.29, 1.82) is 0 Å². The number of hydrogen-bond donors (Lipinski definition) is 1. The van der Waals surface area contributed by atoms with Crippen molar-refractivity contribution >= 4 is 27.5 Å². The number of hydrogen-bond acceptors (Lipinski definition) is 6. The molecule has 0 aliphatic heterocycles. The van der Waals surface area contributed by atoms with Crippen LogP contribution >= 0.6 is 0 Å². The summed E-state index contributed by atoms with van der Waals surface area (Å²) in [6.07, 6.45) is 3.86. The highest BCUT2D eigenvalue weighted by molar-refractivity contribution is 7.92. The molecular weight excluding hydrogens is 645 g/mol. The number of methoxy groups -OCH3 is 2. The van der Waals surface area contributed by atoms with Crippen molar-refractivity contribution in [2.45, 2.75) is 62.6 Å². The zero-order valence-corrected chi connectivity index (χ0v) is 28.8. The summed E-state index contributed by atoms with van der Waals surface area (Å²) in [5.74, 6) is -0.852. The fourth-order valence-corrected chi connectivity index (χ4v) is 7.47. The van der Waals surface area contributed by atoms with Crippen molar-refractivity contribution in [3.63, 3.8) is 0 Å². The predicted octanol–water partition coefficient (Wildman–Crippen LogP) is 6.05. The highest BCUT2D eigenvalue weighted by atomic mass is 32.2. The molecule has 2 amide bonds. The molecule has 11 heteroatoms. The number of aryl methyl sites for hydroxylation is 1. The second kappa shape index (κ2) is 16.0. The molecule has 1 saturated carbocycles. The summed E-state index contributed by atoms with van der Waals surface area (Å²) in [5, 5.41) is 3.15. The fourth-order valence-electron chi connectivity index (χ4n) is 6.05. The van der Waals surface area contributed by atoms with Crippen LogP contribution < -0.4 is 19.1 Å². The summed E-state index contributed by atoms with van der Waals surface area (Å²) in [5.41, 5.74) is 2.36. The van der Waals surface area contributed by atoms with Gasteiger partial charge in [0.1, 0.15) is 29.9 Å². The van der Waals surface area contributed by atoms with Gasteiger partial charge < -0.3 is 19.7 Å². The number of nitrogens with one attached hydrogen (secondary N) is 1. The molecule has 9 nitrogen and oxygen atoms in total. The smallest absolute Gasteiger partial charge is 0.264 e. The summed E-state index contributed by atoms with van der Waals surface area (Å²) in [7, 11) is -1.49. The highest BCUT2D eigenvalue weighted by Gasteiger charge is 2.36. The number of anilines is 1. The lowest BCUT2D eigenvalue weighted by Gasteiger charge is -2.34. The van der Waals surface area contributed by atoms with Crippen molar-refractivity contribution in [2.75, 3.05) is 25.1 Å². The van der Waals surface area contributed by atoms with E-state index in [0.29, 0.717) is 11.3 Å². The van der Waals surface area contributed by atoms with Gasteiger partial charge in [-0.05, 0) is 67.3 Å². The van der Waals surface area contributed by atoms with Gasteiger partial charge in [0.15, 0.2) is 0 Å². The Morgan fingerprint density at radius 2 is 1.55 bits per heavy atom. The summed E-state index contributed by atoms with van der Waals surface area (Å²) < 4.78 is 54.8. The topological polar surface area (TPSA) is 105 Å². The summed E-state index contributed by atoms with van der Waals surface area (Å²) in [6.45, 7) is 1.12. The van der Waals surface area contributed by atoms with E-state index in [0.717, 1.165) is 41.1 Å². The van der Waals surface area contributed by atoms with Gasteiger partial charge in [0.2, 0.25) is 11.8 Å². The SMILES string of the molecule is COc1ccc(OC)c(N(CC(=O)N(Cc2ccc(F)cc2)[C@@H](Cc2ccccc2)C(=O)NC2CCCC2)S(=O)(=O)c2ccc(C)cc2)c1. The van der Waals surface area contributed by atoms with Crippen LogP contribution in [-0.4, -0.2) is 58.0 Å². The number of ether oxygens (including phenoxy) is 2. The molecule has 1 N–H and O–H groups in total. The fraction of sp³-hybridized carbons (Fsp3) is 0.316. The zero-order chi connectivity index (χ0) is 35.0.